The molecule has 1 aliphatic rings. The van der Waals surface area contributed by atoms with Crippen LogP contribution in [0.1, 0.15) is 25.7 Å². The highest BCUT2D eigenvalue weighted by Crippen LogP contribution is 2.18. The fourth-order valence-corrected chi connectivity index (χ4v) is 2.01. The molecule has 1 fully saturated rings. The highest BCUT2D eigenvalue weighted by atomic mass is 16.2. The lowest BCUT2D eigenvalue weighted by Gasteiger charge is -2.32. The SMILES string of the molecule is NCC(=O)NC1CCCCC1NC(=O)CN. The molecule has 2 amide bonds. The number of hydrogen-bond donors (Lipinski definition) is 4. The highest BCUT2D eigenvalue weighted by molar-refractivity contribution is 5.79. The van der Waals surface area contributed by atoms with Crippen molar-refractivity contribution in [3.63, 3.8) is 0 Å². The smallest absolute Gasteiger partial charge is 0.234 e. The maximum Gasteiger partial charge on any atom is 0.234 e. The second kappa shape index (κ2) is 6.44. The summed E-state index contributed by atoms with van der Waals surface area (Å²) in [5, 5.41) is 5.66. The molecule has 2 atom stereocenters. The van der Waals surface area contributed by atoms with Crippen molar-refractivity contribution in [2.75, 3.05) is 13.1 Å². The lowest BCUT2D eigenvalue weighted by Crippen LogP contribution is -2.55. The fourth-order valence-electron chi connectivity index (χ4n) is 2.01. The number of rotatable bonds is 4. The quantitative estimate of drug-likeness (QED) is 0.467. The molecule has 1 saturated carbocycles. The van der Waals surface area contributed by atoms with Gasteiger partial charge in [-0.15, -0.1) is 0 Å². The Kier molecular flexibility index (Phi) is 5.21. The minimum absolute atomic E-state index is 0.0136. The van der Waals surface area contributed by atoms with Crippen molar-refractivity contribution in [3.05, 3.63) is 0 Å². The van der Waals surface area contributed by atoms with Crippen LogP contribution in [0.15, 0.2) is 0 Å². The molecule has 0 radical (unpaired) electrons. The number of nitrogens with two attached hydrogens (primary N) is 2. The van der Waals surface area contributed by atoms with Crippen LogP contribution >= 0.6 is 0 Å². The number of carbonyl (C=O) groups excluding carboxylic acids is 2. The predicted octanol–water partition coefficient (Wildman–Crippen LogP) is -1.55. The van der Waals surface area contributed by atoms with E-state index in [4.69, 9.17) is 11.5 Å². The van der Waals surface area contributed by atoms with Gasteiger partial charge in [0.05, 0.1) is 13.1 Å². The Bertz CT molecular complexity index is 231. The van der Waals surface area contributed by atoms with Crippen molar-refractivity contribution < 1.29 is 9.59 Å². The van der Waals surface area contributed by atoms with Gasteiger partial charge in [-0.1, -0.05) is 12.8 Å². The van der Waals surface area contributed by atoms with Crippen LogP contribution in [0.25, 0.3) is 0 Å². The van der Waals surface area contributed by atoms with E-state index < -0.39 is 0 Å². The van der Waals surface area contributed by atoms with Gasteiger partial charge in [-0.05, 0) is 12.8 Å². The first-order chi connectivity index (χ1) is 7.67. The molecule has 0 heterocycles. The van der Waals surface area contributed by atoms with E-state index in [-0.39, 0.29) is 37.0 Å². The second-order valence-electron chi connectivity index (χ2n) is 4.04. The van der Waals surface area contributed by atoms with Crippen LogP contribution in [0.3, 0.4) is 0 Å². The first kappa shape index (κ1) is 12.9. The minimum Gasteiger partial charge on any atom is -0.350 e. The number of carbonyl (C=O) groups is 2. The highest BCUT2D eigenvalue weighted by Gasteiger charge is 2.26. The van der Waals surface area contributed by atoms with E-state index in [0.29, 0.717) is 0 Å². The normalized spacial score (nSPS) is 24.9. The summed E-state index contributed by atoms with van der Waals surface area (Å²) in [5.74, 6) is -0.363. The van der Waals surface area contributed by atoms with E-state index >= 15 is 0 Å². The molecule has 0 aromatic carbocycles. The molecular weight excluding hydrogens is 208 g/mol. The van der Waals surface area contributed by atoms with Gasteiger partial charge in [0.1, 0.15) is 0 Å². The van der Waals surface area contributed by atoms with Crippen LogP contribution in [0.4, 0.5) is 0 Å². The summed E-state index contributed by atoms with van der Waals surface area (Å²) >= 11 is 0. The van der Waals surface area contributed by atoms with Crippen molar-refractivity contribution in [2.45, 2.75) is 37.8 Å². The molecule has 2 unspecified atom stereocenters. The third-order valence-corrected chi connectivity index (χ3v) is 2.83. The maximum atomic E-state index is 11.2. The van der Waals surface area contributed by atoms with Crippen LogP contribution in [0.5, 0.6) is 0 Å². The predicted molar refractivity (Wildman–Crippen MR) is 60.4 cm³/mol. The largest absolute Gasteiger partial charge is 0.350 e. The molecule has 0 bridgehead atoms. The molecule has 0 aromatic heterocycles. The molecule has 16 heavy (non-hydrogen) atoms. The molecule has 1 rings (SSSR count). The molecule has 1 aliphatic carbocycles. The Balaban J connectivity index is 2.49. The Morgan fingerprint density at radius 3 is 1.62 bits per heavy atom. The summed E-state index contributed by atoms with van der Waals surface area (Å²) in [4.78, 5) is 22.4. The van der Waals surface area contributed by atoms with Gasteiger partial charge in [0.25, 0.3) is 0 Å². The first-order valence-corrected chi connectivity index (χ1v) is 5.66. The third-order valence-electron chi connectivity index (χ3n) is 2.83. The Morgan fingerprint density at radius 1 is 0.938 bits per heavy atom. The second-order valence-corrected chi connectivity index (χ2v) is 4.04. The molecule has 0 spiro atoms. The van der Waals surface area contributed by atoms with Gasteiger partial charge in [0.2, 0.25) is 11.8 Å². The van der Waals surface area contributed by atoms with Gasteiger partial charge >= 0.3 is 0 Å². The van der Waals surface area contributed by atoms with Crippen LogP contribution in [0.2, 0.25) is 0 Å². The van der Waals surface area contributed by atoms with Crippen molar-refractivity contribution >= 4 is 11.8 Å². The zero-order chi connectivity index (χ0) is 12.0. The van der Waals surface area contributed by atoms with Crippen molar-refractivity contribution in [2.24, 2.45) is 11.5 Å². The molecule has 0 aromatic rings. The fraction of sp³-hybridized carbons (Fsp3) is 0.800. The molecule has 0 saturated heterocycles. The lowest BCUT2D eigenvalue weighted by molar-refractivity contribution is -0.123. The zero-order valence-corrected chi connectivity index (χ0v) is 9.37. The van der Waals surface area contributed by atoms with Gasteiger partial charge in [0.15, 0.2) is 0 Å². The van der Waals surface area contributed by atoms with Crippen LogP contribution < -0.4 is 22.1 Å². The summed E-state index contributed by atoms with van der Waals surface area (Å²) in [6, 6.07) is -0.0272. The summed E-state index contributed by atoms with van der Waals surface area (Å²) in [7, 11) is 0. The molecule has 6 N–H and O–H groups in total. The van der Waals surface area contributed by atoms with Crippen molar-refractivity contribution in [3.8, 4) is 0 Å². The van der Waals surface area contributed by atoms with E-state index in [1.807, 2.05) is 0 Å². The topological polar surface area (TPSA) is 110 Å². The number of amides is 2. The summed E-state index contributed by atoms with van der Waals surface area (Å²) in [6.45, 7) is -0.0396. The molecule has 6 nitrogen and oxygen atoms in total. The average molecular weight is 228 g/mol. The first-order valence-electron chi connectivity index (χ1n) is 5.66. The van der Waals surface area contributed by atoms with Gasteiger partial charge in [-0.3, -0.25) is 9.59 Å². The van der Waals surface area contributed by atoms with Crippen molar-refractivity contribution in [1.82, 2.24) is 10.6 Å². The Hall–Kier alpha value is -1.14. The molecule has 0 aliphatic heterocycles. The summed E-state index contributed by atoms with van der Waals surface area (Å²) in [5.41, 5.74) is 10.5. The van der Waals surface area contributed by atoms with E-state index in [1.54, 1.807) is 0 Å². The minimum atomic E-state index is -0.182. The van der Waals surface area contributed by atoms with Gasteiger partial charge in [-0.25, -0.2) is 0 Å². The number of nitrogens with one attached hydrogen (secondary N) is 2. The van der Waals surface area contributed by atoms with Gasteiger partial charge < -0.3 is 22.1 Å². The van der Waals surface area contributed by atoms with Crippen LogP contribution in [0, 0.1) is 0 Å². The Labute approximate surface area is 95.1 Å². The molecule has 92 valence electrons. The lowest BCUT2D eigenvalue weighted by atomic mass is 9.90. The van der Waals surface area contributed by atoms with Gasteiger partial charge in [0, 0.05) is 12.1 Å². The van der Waals surface area contributed by atoms with E-state index in [0.717, 1.165) is 25.7 Å². The monoisotopic (exact) mass is 228 g/mol. The van der Waals surface area contributed by atoms with Crippen LogP contribution in [-0.4, -0.2) is 37.0 Å². The third kappa shape index (κ3) is 3.79. The molecule has 6 heteroatoms. The molecular formula is C10H20N4O2. The average Bonchev–Trinajstić information content (AvgIpc) is 2.31. The summed E-state index contributed by atoms with van der Waals surface area (Å²) in [6.07, 6.45) is 3.87. The van der Waals surface area contributed by atoms with Gasteiger partial charge in [-0.2, -0.15) is 0 Å². The van der Waals surface area contributed by atoms with Crippen molar-refractivity contribution in [1.29, 1.82) is 0 Å². The summed E-state index contributed by atoms with van der Waals surface area (Å²) < 4.78 is 0. The van der Waals surface area contributed by atoms with E-state index in [2.05, 4.69) is 10.6 Å². The van der Waals surface area contributed by atoms with E-state index in [9.17, 15) is 9.59 Å². The maximum absolute atomic E-state index is 11.2. The van der Waals surface area contributed by atoms with Crippen LogP contribution in [-0.2, 0) is 9.59 Å². The number of hydrogen-bond acceptors (Lipinski definition) is 4. The Morgan fingerprint density at radius 2 is 1.31 bits per heavy atom. The van der Waals surface area contributed by atoms with E-state index in [1.165, 1.54) is 0 Å². The zero-order valence-electron chi connectivity index (χ0n) is 9.37. The standard InChI is InChI=1S/C10H20N4O2/c11-5-9(15)13-7-3-1-2-4-8(7)14-10(16)6-12/h7-8H,1-6,11-12H2,(H,13,15)(H,14,16).